The van der Waals surface area contributed by atoms with Crippen molar-refractivity contribution in [2.75, 3.05) is 16.4 Å². The highest BCUT2D eigenvalue weighted by Gasteiger charge is 2.15. The van der Waals surface area contributed by atoms with Crippen LogP contribution >= 0.6 is 23.1 Å². The summed E-state index contributed by atoms with van der Waals surface area (Å²) in [6.07, 6.45) is 1.48. The molecule has 0 fully saturated rings. The van der Waals surface area contributed by atoms with Crippen molar-refractivity contribution in [3.63, 3.8) is 0 Å². The number of nitrogens with zero attached hydrogens (tertiary/aromatic N) is 2. The second kappa shape index (κ2) is 9.23. The summed E-state index contributed by atoms with van der Waals surface area (Å²) in [6.45, 7) is 1.43. The molecule has 2 heterocycles. The summed E-state index contributed by atoms with van der Waals surface area (Å²) in [7, 11) is 0. The normalized spacial score (nSPS) is 10.8. The van der Waals surface area contributed by atoms with Crippen LogP contribution < -0.4 is 10.6 Å². The van der Waals surface area contributed by atoms with E-state index < -0.39 is 0 Å². The molecule has 0 unspecified atom stereocenters. The Morgan fingerprint density at radius 2 is 1.81 bits per heavy atom. The minimum atomic E-state index is -0.298. The van der Waals surface area contributed by atoms with Gasteiger partial charge in [-0.05, 0) is 35.9 Å². The van der Waals surface area contributed by atoms with Crippen LogP contribution in [0, 0.1) is 5.82 Å². The van der Waals surface area contributed by atoms with E-state index in [-0.39, 0.29) is 23.4 Å². The molecular weight excluding hydrogens is 435 g/mol. The molecule has 0 saturated carbocycles. The minimum Gasteiger partial charge on any atom is -0.326 e. The Hall–Kier alpha value is -3.30. The van der Waals surface area contributed by atoms with E-state index in [9.17, 15) is 14.0 Å². The van der Waals surface area contributed by atoms with Crippen LogP contribution in [-0.2, 0) is 9.59 Å². The molecule has 4 rings (SSSR count). The second-order valence-electron chi connectivity index (χ2n) is 6.61. The average Bonchev–Trinajstić information content (AvgIpc) is 3.17. The number of fused-ring (bicyclic) bond motifs is 1. The van der Waals surface area contributed by atoms with Gasteiger partial charge in [-0.15, -0.1) is 11.3 Å². The van der Waals surface area contributed by atoms with Gasteiger partial charge in [-0.25, -0.2) is 14.4 Å². The number of carbonyl (C=O) groups is 2. The third kappa shape index (κ3) is 5.07. The first-order valence-corrected chi connectivity index (χ1v) is 11.1. The zero-order chi connectivity index (χ0) is 21.8. The van der Waals surface area contributed by atoms with E-state index in [0.717, 1.165) is 21.3 Å². The Kier molecular flexibility index (Phi) is 6.24. The topological polar surface area (TPSA) is 84.0 Å². The zero-order valence-electron chi connectivity index (χ0n) is 16.4. The standard InChI is InChI=1S/C22H17FN4O2S2/c1-13(28)26-16-3-2-4-17(9-16)27-19(29)11-31-22-20-18(10-30-21(20)24-12-25-22)14-5-7-15(23)8-6-14/h2-10,12H,11H2,1H3,(H,26,28)(H,27,29). The number of hydrogen-bond donors (Lipinski definition) is 2. The third-order valence-corrected chi connectivity index (χ3v) is 6.17. The first kappa shape index (κ1) is 21.0. The average molecular weight is 453 g/mol. The number of aromatic nitrogens is 2. The molecule has 0 bridgehead atoms. The molecule has 0 atom stereocenters. The van der Waals surface area contributed by atoms with E-state index in [1.54, 1.807) is 36.4 Å². The van der Waals surface area contributed by atoms with E-state index in [0.29, 0.717) is 16.4 Å². The molecule has 31 heavy (non-hydrogen) atoms. The largest absolute Gasteiger partial charge is 0.326 e. The van der Waals surface area contributed by atoms with Crippen LogP contribution in [0.3, 0.4) is 0 Å². The molecule has 156 valence electrons. The zero-order valence-corrected chi connectivity index (χ0v) is 18.0. The third-order valence-electron chi connectivity index (χ3n) is 4.30. The predicted molar refractivity (Wildman–Crippen MR) is 123 cm³/mol. The van der Waals surface area contributed by atoms with E-state index in [1.165, 1.54) is 48.5 Å². The summed E-state index contributed by atoms with van der Waals surface area (Å²) in [6, 6.07) is 13.2. The van der Waals surface area contributed by atoms with Gasteiger partial charge in [-0.3, -0.25) is 9.59 Å². The van der Waals surface area contributed by atoms with Gasteiger partial charge in [0.15, 0.2) is 0 Å². The lowest BCUT2D eigenvalue weighted by molar-refractivity contribution is -0.114. The van der Waals surface area contributed by atoms with Crippen molar-refractivity contribution >= 4 is 56.5 Å². The molecule has 2 N–H and O–H groups in total. The molecule has 2 aromatic carbocycles. The van der Waals surface area contributed by atoms with Gasteiger partial charge in [-0.1, -0.05) is 30.0 Å². The molecule has 6 nitrogen and oxygen atoms in total. The van der Waals surface area contributed by atoms with E-state index >= 15 is 0 Å². The van der Waals surface area contributed by atoms with Crippen molar-refractivity contribution in [2.45, 2.75) is 11.9 Å². The second-order valence-corrected chi connectivity index (χ2v) is 8.44. The van der Waals surface area contributed by atoms with Crippen molar-refractivity contribution in [1.29, 1.82) is 0 Å². The number of thioether (sulfide) groups is 1. The number of halogens is 1. The van der Waals surface area contributed by atoms with Crippen molar-refractivity contribution in [1.82, 2.24) is 9.97 Å². The number of rotatable bonds is 6. The highest BCUT2D eigenvalue weighted by molar-refractivity contribution is 8.00. The van der Waals surface area contributed by atoms with Gasteiger partial charge in [0.25, 0.3) is 0 Å². The fraction of sp³-hybridized carbons (Fsp3) is 0.0909. The van der Waals surface area contributed by atoms with Crippen molar-refractivity contribution < 1.29 is 14.0 Å². The number of hydrogen-bond acceptors (Lipinski definition) is 6. The summed E-state index contributed by atoms with van der Waals surface area (Å²) in [4.78, 5) is 33.2. The van der Waals surface area contributed by atoms with Crippen LogP contribution in [0.2, 0.25) is 0 Å². The van der Waals surface area contributed by atoms with Gasteiger partial charge in [0, 0.05) is 29.2 Å². The van der Waals surface area contributed by atoms with Crippen LogP contribution in [-0.4, -0.2) is 27.5 Å². The monoisotopic (exact) mass is 452 g/mol. The van der Waals surface area contributed by atoms with Gasteiger partial charge in [0.2, 0.25) is 11.8 Å². The quantitative estimate of drug-likeness (QED) is 0.311. The molecular formula is C22H17FN4O2S2. The van der Waals surface area contributed by atoms with Gasteiger partial charge in [0.1, 0.15) is 22.0 Å². The van der Waals surface area contributed by atoms with Gasteiger partial charge >= 0.3 is 0 Å². The molecule has 0 aliphatic carbocycles. The summed E-state index contributed by atoms with van der Waals surface area (Å²) in [5.41, 5.74) is 2.97. The lowest BCUT2D eigenvalue weighted by Crippen LogP contribution is -2.14. The van der Waals surface area contributed by atoms with Crippen molar-refractivity contribution in [3.8, 4) is 11.1 Å². The SMILES string of the molecule is CC(=O)Nc1cccc(NC(=O)CSc2ncnc3scc(-c4ccc(F)cc4)c23)c1. The molecule has 0 aliphatic heterocycles. The van der Waals surface area contributed by atoms with Gasteiger partial charge in [0.05, 0.1) is 11.1 Å². The van der Waals surface area contributed by atoms with Gasteiger partial charge < -0.3 is 10.6 Å². The summed E-state index contributed by atoms with van der Waals surface area (Å²) in [5.74, 6) is -0.530. The maximum atomic E-state index is 13.3. The first-order chi connectivity index (χ1) is 15.0. The summed E-state index contributed by atoms with van der Waals surface area (Å²) < 4.78 is 13.3. The predicted octanol–water partition coefficient (Wildman–Crippen LogP) is 5.19. The molecule has 0 saturated heterocycles. The van der Waals surface area contributed by atoms with E-state index in [1.807, 2.05) is 5.38 Å². The Labute approximate surface area is 185 Å². The van der Waals surface area contributed by atoms with Gasteiger partial charge in [-0.2, -0.15) is 0 Å². The lowest BCUT2D eigenvalue weighted by atomic mass is 10.1. The maximum absolute atomic E-state index is 13.3. The summed E-state index contributed by atoms with van der Waals surface area (Å²) >= 11 is 2.79. The number of anilines is 2. The van der Waals surface area contributed by atoms with E-state index in [2.05, 4.69) is 20.6 Å². The van der Waals surface area contributed by atoms with Crippen molar-refractivity contribution in [2.24, 2.45) is 0 Å². The fourth-order valence-electron chi connectivity index (χ4n) is 3.01. The lowest BCUT2D eigenvalue weighted by Gasteiger charge is -2.08. The Morgan fingerprint density at radius 3 is 2.55 bits per heavy atom. The number of carbonyl (C=O) groups excluding carboxylic acids is 2. The van der Waals surface area contributed by atoms with Crippen LogP contribution in [0.1, 0.15) is 6.92 Å². The molecule has 2 amide bonds. The fourth-order valence-corrected chi connectivity index (χ4v) is 4.80. The number of nitrogens with one attached hydrogen (secondary N) is 2. The van der Waals surface area contributed by atoms with Crippen LogP contribution in [0.25, 0.3) is 21.3 Å². The van der Waals surface area contributed by atoms with Crippen LogP contribution in [0.5, 0.6) is 0 Å². The molecule has 0 aliphatic rings. The Balaban J connectivity index is 1.50. The van der Waals surface area contributed by atoms with E-state index in [4.69, 9.17) is 0 Å². The van der Waals surface area contributed by atoms with Crippen LogP contribution in [0.15, 0.2) is 65.3 Å². The minimum absolute atomic E-state index is 0.148. The highest BCUT2D eigenvalue weighted by atomic mass is 32.2. The molecule has 0 radical (unpaired) electrons. The molecule has 0 spiro atoms. The first-order valence-electron chi connectivity index (χ1n) is 9.28. The van der Waals surface area contributed by atoms with Crippen molar-refractivity contribution in [3.05, 3.63) is 66.1 Å². The smallest absolute Gasteiger partial charge is 0.234 e. The Bertz CT molecular complexity index is 1260. The molecule has 9 heteroatoms. The van der Waals surface area contributed by atoms with Crippen LogP contribution in [0.4, 0.5) is 15.8 Å². The maximum Gasteiger partial charge on any atom is 0.234 e. The molecule has 2 aromatic heterocycles. The number of benzene rings is 2. The number of thiophene rings is 1. The molecule has 4 aromatic rings. The summed E-state index contributed by atoms with van der Waals surface area (Å²) in [5, 5.41) is 9.01. The highest BCUT2D eigenvalue weighted by Crippen LogP contribution is 2.37. The number of amides is 2. The Morgan fingerprint density at radius 1 is 1.06 bits per heavy atom.